The molecule has 0 N–H and O–H groups in total. The maximum atomic E-state index is 12.4. The van der Waals surface area contributed by atoms with Gasteiger partial charge in [-0.1, -0.05) is 29.7 Å². The van der Waals surface area contributed by atoms with Gasteiger partial charge in [0.25, 0.3) is 0 Å². The Hall–Kier alpha value is -3.09. The minimum atomic E-state index is -0.933. The first-order valence-corrected chi connectivity index (χ1v) is 7.64. The number of carbonyl (C=O) groups is 3. The number of methoxy groups -OCH3 is 1. The third-order valence-corrected chi connectivity index (χ3v) is 3.48. The molecule has 128 valence electrons. The minimum absolute atomic E-state index is 0.178. The summed E-state index contributed by atoms with van der Waals surface area (Å²) in [6.45, 7) is 1.50. The van der Waals surface area contributed by atoms with Crippen LogP contribution in [0, 0.1) is 0 Å². The summed E-state index contributed by atoms with van der Waals surface area (Å²) >= 11 is 0. The molecule has 0 radical (unpaired) electrons. The van der Waals surface area contributed by atoms with Gasteiger partial charge in [0.15, 0.2) is 0 Å². The Labute approximate surface area is 146 Å². The molecular weight excluding hydrogens is 321 g/mol. The van der Waals surface area contributed by atoms with Crippen molar-refractivity contribution in [2.24, 2.45) is 0 Å². The summed E-state index contributed by atoms with van der Waals surface area (Å²) in [5.74, 6) is -1.68. The van der Waals surface area contributed by atoms with E-state index in [4.69, 9.17) is 4.74 Å². The minimum Gasteiger partial charge on any atom is -0.462 e. The number of benzene rings is 2. The molecule has 25 heavy (non-hydrogen) atoms. The van der Waals surface area contributed by atoms with Gasteiger partial charge in [-0.25, -0.2) is 4.79 Å². The Morgan fingerprint density at radius 3 is 2.12 bits per heavy atom. The fourth-order valence-corrected chi connectivity index (χ4v) is 2.21. The summed E-state index contributed by atoms with van der Waals surface area (Å²) in [7, 11) is 3.10. The van der Waals surface area contributed by atoms with Gasteiger partial charge >= 0.3 is 17.8 Å². The Morgan fingerprint density at radius 2 is 1.60 bits per heavy atom. The number of hydrogen-bond donors (Lipinski definition) is 0. The topological polar surface area (TPSA) is 72.9 Å². The van der Waals surface area contributed by atoms with Crippen LogP contribution in [-0.4, -0.2) is 32.8 Å². The summed E-state index contributed by atoms with van der Waals surface area (Å²) in [5, 5.41) is 0. The number of rotatable bonds is 4. The first kappa shape index (κ1) is 18.3. The van der Waals surface area contributed by atoms with Crippen molar-refractivity contribution in [1.82, 2.24) is 0 Å². The van der Waals surface area contributed by atoms with Gasteiger partial charge in [0.1, 0.15) is 13.6 Å². The quantitative estimate of drug-likeness (QED) is 0.353. The van der Waals surface area contributed by atoms with Crippen molar-refractivity contribution >= 4 is 36.8 Å². The molecular formula is C18H18BNO5. The summed E-state index contributed by atoms with van der Waals surface area (Å²) in [6, 6.07) is 14.0. The maximum absolute atomic E-state index is 12.4. The van der Waals surface area contributed by atoms with Crippen LogP contribution in [0.15, 0.2) is 48.5 Å². The predicted octanol–water partition coefficient (Wildman–Crippen LogP) is 0.576. The largest absolute Gasteiger partial charge is 0.462 e. The van der Waals surface area contributed by atoms with Crippen LogP contribution in [0.5, 0.6) is 5.75 Å². The van der Waals surface area contributed by atoms with Crippen LogP contribution in [-0.2, 0) is 25.7 Å². The molecule has 7 heteroatoms. The van der Waals surface area contributed by atoms with E-state index in [1.54, 1.807) is 36.4 Å². The zero-order valence-electron chi connectivity index (χ0n) is 14.3. The van der Waals surface area contributed by atoms with E-state index in [9.17, 15) is 14.4 Å². The lowest BCUT2D eigenvalue weighted by Gasteiger charge is -2.22. The fourth-order valence-electron chi connectivity index (χ4n) is 2.21. The second-order valence-electron chi connectivity index (χ2n) is 5.46. The molecule has 0 unspecified atom stereocenters. The third-order valence-electron chi connectivity index (χ3n) is 3.48. The zero-order valence-corrected chi connectivity index (χ0v) is 14.3. The number of carbonyl (C=O) groups excluding carboxylic acids is 3. The molecule has 0 heterocycles. The van der Waals surface area contributed by atoms with Gasteiger partial charge in [-0.15, -0.1) is 0 Å². The second-order valence-corrected chi connectivity index (χ2v) is 5.46. The van der Waals surface area contributed by atoms with E-state index in [0.717, 1.165) is 11.0 Å². The Morgan fingerprint density at radius 1 is 1.00 bits per heavy atom. The van der Waals surface area contributed by atoms with E-state index in [2.05, 4.69) is 4.74 Å². The molecule has 0 aromatic heterocycles. The highest BCUT2D eigenvalue weighted by Crippen LogP contribution is 2.19. The third kappa shape index (κ3) is 4.94. The molecule has 0 aliphatic carbocycles. The number of ether oxygens (including phenoxy) is 2. The van der Waals surface area contributed by atoms with Crippen molar-refractivity contribution < 1.29 is 23.9 Å². The maximum Gasteiger partial charge on any atom is 0.397 e. The second kappa shape index (κ2) is 8.14. The lowest BCUT2D eigenvalue weighted by atomic mass is 9.96. The van der Waals surface area contributed by atoms with Crippen LogP contribution in [0.3, 0.4) is 0 Å². The van der Waals surface area contributed by atoms with Crippen LogP contribution in [0.2, 0.25) is 0 Å². The molecule has 0 saturated carbocycles. The van der Waals surface area contributed by atoms with Crippen molar-refractivity contribution in [3.63, 3.8) is 0 Å². The smallest absolute Gasteiger partial charge is 0.397 e. The predicted molar refractivity (Wildman–Crippen MR) is 95.6 cm³/mol. The number of hydrogen-bond acceptors (Lipinski definition) is 5. The average Bonchev–Trinajstić information content (AvgIpc) is 2.60. The molecule has 2 aromatic carbocycles. The van der Waals surface area contributed by atoms with Crippen molar-refractivity contribution in [2.45, 2.75) is 13.5 Å². The molecule has 0 atom stereocenters. The molecule has 0 aliphatic heterocycles. The van der Waals surface area contributed by atoms with Gasteiger partial charge in [0.2, 0.25) is 0 Å². The lowest BCUT2D eigenvalue weighted by molar-refractivity contribution is -0.151. The molecule has 2 aromatic rings. The molecule has 0 aliphatic rings. The molecule has 0 fully saturated rings. The van der Waals surface area contributed by atoms with Gasteiger partial charge < -0.3 is 9.47 Å². The van der Waals surface area contributed by atoms with Crippen LogP contribution in [0.4, 0.5) is 5.69 Å². The van der Waals surface area contributed by atoms with Gasteiger partial charge in [0.05, 0.1) is 13.7 Å². The van der Waals surface area contributed by atoms with Crippen LogP contribution < -0.4 is 15.1 Å². The van der Waals surface area contributed by atoms with Crippen molar-refractivity contribution in [3.05, 3.63) is 54.1 Å². The van der Waals surface area contributed by atoms with Gasteiger partial charge in [-0.3, -0.25) is 14.5 Å². The molecule has 1 amide bonds. The Kier molecular flexibility index (Phi) is 5.95. The number of nitrogens with zero attached hydrogens (tertiary/aromatic N) is 1. The van der Waals surface area contributed by atoms with E-state index < -0.39 is 17.8 Å². The Balaban J connectivity index is 2.26. The fraction of sp³-hybridized carbons (Fsp3) is 0.167. The van der Waals surface area contributed by atoms with E-state index in [0.29, 0.717) is 11.4 Å². The summed E-state index contributed by atoms with van der Waals surface area (Å²) in [5.41, 5.74) is 2.40. The normalized spacial score (nSPS) is 10.0. The first-order valence-electron chi connectivity index (χ1n) is 7.64. The van der Waals surface area contributed by atoms with Gasteiger partial charge in [-0.2, -0.15) is 0 Å². The van der Waals surface area contributed by atoms with Gasteiger partial charge in [0, 0.05) is 12.6 Å². The summed E-state index contributed by atoms with van der Waals surface area (Å²) < 4.78 is 9.53. The Bertz CT molecular complexity index is 771. The highest BCUT2D eigenvalue weighted by Gasteiger charge is 2.24. The zero-order chi connectivity index (χ0) is 18.4. The van der Waals surface area contributed by atoms with E-state index in [-0.39, 0.29) is 6.54 Å². The average molecular weight is 339 g/mol. The van der Waals surface area contributed by atoms with Crippen LogP contribution >= 0.6 is 0 Å². The molecule has 0 spiro atoms. The summed E-state index contributed by atoms with van der Waals surface area (Å²) in [4.78, 5) is 36.3. The summed E-state index contributed by atoms with van der Waals surface area (Å²) in [6.07, 6.45) is 0. The van der Waals surface area contributed by atoms with E-state index in [1.807, 2.05) is 20.0 Å². The monoisotopic (exact) mass is 339 g/mol. The standard InChI is InChI=1S/C18H18BNO5/c1-12(21)25-16-9-3-13(4-10-16)11-20(17(22)18(23)24-2)15-7-5-14(19)6-8-15/h3-10H,11,19H2,1-2H3. The van der Waals surface area contributed by atoms with E-state index in [1.165, 1.54) is 18.9 Å². The first-order chi connectivity index (χ1) is 11.9. The van der Waals surface area contributed by atoms with Gasteiger partial charge in [-0.05, 0) is 29.8 Å². The van der Waals surface area contributed by atoms with Crippen molar-refractivity contribution in [2.75, 3.05) is 12.0 Å². The molecule has 2 rings (SSSR count). The number of esters is 2. The molecule has 6 nitrogen and oxygen atoms in total. The number of anilines is 1. The highest BCUT2D eigenvalue weighted by molar-refractivity contribution is 6.38. The van der Waals surface area contributed by atoms with Crippen molar-refractivity contribution in [3.8, 4) is 5.75 Å². The number of amides is 1. The van der Waals surface area contributed by atoms with E-state index >= 15 is 0 Å². The SMILES string of the molecule is Bc1ccc(N(Cc2ccc(OC(C)=O)cc2)C(=O)C(=O)OC)cc1. The van der Waals surface area contributed by atoms with Crippen LogP contribution in [0.1, 0.15) is 12.5 Å². The lowest BCUT2D eigenvalue weighted by Crippen LogP contribution is -2.37. The molecule has 0 bridgehead atoms. The molecule has 0 saturated heterocycles. The highest BCUT2D eigenvalue weighted by atomic mass is 16.5. The van der Waals surface area contributed by atoms with Crippen molar-refractivity contribution in [1.29, 1.82) is 0 Å². The van der Waals surface area contributed by atoms with Crippen LogP contribution in [0.25, 0.3) is 0 Å².